The number of carbonyl (C=O) groups excluding carboxylic acids is 1. The highest BCUT2D eigenvalue weighted by atomic mass is 35.5. The first-order valence-electron chi connectivity index (χ1n) is 9.16. The number of hydrogen-bond acceptors (Lipinski definition) is 3. The largest absolute Gasteiger partial charge is 0.353 e. The summed E-state index contributed by atoms with van der Waals surface area (Å²) in [6, 6.07) is 10.7. The van der Waals surface area contributed by atoms with E-state index in [-0.39, 0.29) is 30.5 Å². The molecule has 5 nitrogen and oxygen atoms in total. The molecule has 3 rings (SSSR count). The number of nitrogens with zero attached hydrogens (tertiary/aromatic N) is 2. The lowest BCUT2D eigenvalue weighted by Crippen LogP contribution is -2.41. The van der Waals surface area contributed by atoms with Crippen molar-refractivity contribution in [2.75, 3.05) is 0 Å². The lowest BCUT2D eigenvalue weighted by Gasteiger charge is -2.29. The molecule has 0 aliphatic heterocycles. The van der Waals surface area contributed by atoms with Crippen LogP contribution in [0.3, 0.4) is 0 Å². The van der Waals surface area contributed by atoms with E-state index in [4.69, 9.17) is 11.6 Å². The Bertz CT molecular complexity index is 817. The van der Waals surface area contributed by atoms with Crippen LogP contribution in [0.2, 0.25) is 5.02 Å². The summed E-state index contributed by atoms with van der Waals surface area (Å²) in [5, 5.41) is 8.15. The van der Waals surface area contributed by atoms with Gasteiger partial charge in [0.1, 0.15) is 0 Å². The fourth-order valence-electron chi connectivity index (χ4n) is 3.40. The minimum atomic E-state index is -0.207. The Kier molecular flexibility index (Phi) is 6.09. The molecule has 1 amide bonds. The van der Waals surface area contributed by atoms with E-state index in [1.807, 2.05) is 12.1 Å². The molecule has 1 heterocycles. The summed E-state index contributed by atoms with van der Waals surface area (Å²) in [5.41, 5.74) is 1.35. The highest BCUT2D eigenvalue weighted by molar-refractivity contribution is 6.30. The number of carbonyl (C=O) groups is 1. The maximum atomic E-state index is 12.3. The molecule has 1 aliphatic rings. The summed E-state index contributed by atoms with van der Waals surface area (Å²) in [7, 11) is 0. The van der Waals surface area contributed by atoms with Gasteiger partial charge >= 0.3 is 0 Å². The van der Waals surface area contributed by atoms with E-state index in [1.165, 1.54) is 23.6 Å². The molecule has 2 aromatic rings. The topological polar surface area (TPSA) is 64.0 Å². The maximum Gasteiger partial charge on any atom is 0.266 e. The minimum Gasteiger partial charge on any atom is -0.353 e. The number of hydrogen-bond donors (Lipinski definition) is 1. The van der Waals surface area contributed by atoms with Gasteiger partial charge in [-0.05, 0) is 37.0 Å². The Morgan fingerprint density at radius 3 is 2.65 bits per heavy atom. The van der Waals surface area contributed by atoms with Crippen LogP contribution in [0.4, 0.5) is 0 Å². The molecular weight excluding hydrogens is 350 g/mol. The van der Waals surface area contributed by atoms with Gasteiger partial charge in [-0.15, -0.1) is 0 Å². The standard InChI is InChI=1S/C20H24ClN3O2/c1-14-4-2-3-5-17(14)22-19(25)12-13-24-20(26)11-10-18(23-24)15-6-8-16(21)9-7-15/h6-11,14,17H,2-5,12-13H2,1H3,(H,22,25)/t14-,17+/m0/s1. The third kappa shape index (κ3) is 4.73. The van der Waals surface area contributed by atoms with Crippen LogP contribution >= 0.6 is 11.6 Å². The molecule has 1 aromatic carbocycles. The van der Waals surface area contributed by atoms with E-state index < -0.39 is 0 Å². The SMILES string of the molecule is C[C@H]1CCCC[C@H]1NC(=O)CCn1nc(-c2ccc(Cl)cc2)ccc1=O. The third-order valence-corrected chi connectivity index (χ3v) is 5.27. The lowest BCUT2D eigenvalue weighted by molar-refractivity contribution is -0.122. The van der Waals surface area contributed by atoms with E-state index in [1.54, 1.807) is 18.2 Å². The van der Waals surface area contributed by atoms with Crippen LogP contribution in [0.1, 0.15) is 39.0 Å². The van der Waals surface area contributed by atoms with Crippen LogP contribution in [0.15, 0.2) is 41.2 Å². The van der Waals surface area contributed by atoms with Gasteiger partial charge in [-0.1, -0.05) is 43.5 Å². The first kappa shape index (κ1) is 18.6. The first-order valence-corrected chi connectivity index (χ1v) is 9.54. The fourth-order valence-corrected chi connectivity index (χ4v) is 3.53. The first-order chi connectivity index (χ1) is 12.5. The monoisotopic (exact) mass is 373 g/mol. The number of aryl methyl sites for hydroxylation is 1. The van der Waals surface area contributed by atoms with Crippen molar-refractivity contribution in [3.05, 3.63) is 51.8 Å². The van der Waals surface area contributed by atoms with Crippen molar-refractivity contribution in [2.24, 2.45) is 5.92 Å². The van der Waals surface area contributed by atoms with Gasteiger partial charge in [0.25, 0.3) is 5.56 Å². The number of amides is 1. The zero-order valence-corrected chi connectivity index (χ0v) is 15.7. The highest BCUT2D eigenvalue weighted by Gasteiger charge is 2.22. The summed E-state index contributed by atoms with van der Waals surface area (Å²) in [5.74, 6) is 0.496. The second-order valence-electron chi connectivity index (χ2n) is 6.97. The molecule has 0 saturated heterocycles. The Hall–Kier alpha value is -2.14. The van der Waals surface area contributed by atoms with E-state index in [0.29, 0.717) is 16.6 Å². The summed E-state index contributed by atoms with van der Waals surface area (Å²) in [6.07, 6.45) is 4.86. The number of rotatable bonds is 5. The third-order valence-electron chi connectivity index (χ3n) is 5.02. The van der Waals surface area contributed by atoms with E-state index in [2.05, 4.69) is 17.3 Å². The molecule has 1 N–H and O–H groups in total. The van der Waals surface area contributed by atoms with Gasteiger partial charge in [0.2, 0.25) is 5.91 Å². The second kappa shape index (κ2) is 8.49. The minimum absolute atomic E-state index is 0.0191. The predicted octanol–water partition coefficient (Wildman–Crippen LogP) is 3.65. The smallest absolute Gasteiger partial charge is 0.266 e. The Morgan fingerprint density at radius 2 is 1.92 bits per heavy atom. The van der Waals surface area contributed by atoms with Crippen molar-refractivity contribution < 1.29 is 4.79 Å². The number of aromatic nitrogens is 2. The van der Waals surface area contributed by atoms with Crippen LogP contribution in [0.5, 0.6) is 0 Å². The molecular formula is C20H24ClN3O2. The normalized spacial score (nSPS) is 19.9. The molecule has 1 fully saturated rings. The summed E-state index contributed by atoms with van der Waals surface area (Å²) in [6.45, 7) is 2.46. The zero-order chi connectivity index (χ0) is 18.5. The maximum absolute atomic E-state index is 12.3. The molecule has 26 heavy (non-hydrogen) atoms. The predicted molar refractivity (Wildman–Crippen MR) is 103 cm³/mol. The van der Waals surface area contributed by atoms with Crippen LogP contribution in [-0.2, 0) is 11.3 Å². The fraction of sp³-hybridized carbons (Fsp3) is 0.450. The molecule has 0 bridgehead atoms. The average Bonchev–Trinajstić information content (AvgIpc) is 2.64. The number of halogens is 1. The van der Waals surface area contributed by atoms with Gasteiger partial charge in [0.15, 0.2) is 0 Å². The van der Waals surface area contributed by atoms with Crippen molar-refractivity contribution in [1.82, 2.24) is 15.1 Å². The van der Waals surface area contributed by atoms with Crippen LogP contribution in [0, 0.1) is 5.92 Å². The van der Waals surface area contributed by atoms with E-state index in [9.17, 15) is 9.59 Å². The summed E-state index contributed by atoms with van der Waals surface area (Å²) in [4.78, 5) is 24.3. The van der Waals surface area contributed by atoms with Crippen molar-refractivity contribution in [3.8, 4) is 11.3 Å². The van der Waals surface area contributed by atoms with Crippen molar-refractivity contribution in [1.29, 1.82) is 0 Å². The van der Waals surface area contributed by atoms with Crippen LogP contribution in [0.25, 0.3) is 11.3 Å². The van der Waals surface area contributed by atoms with Crippen molar-refractivity contribution in [3.63, 3.8) is 0 Å². The molecule has 0 spiro atoms. The molecule has 1 aliphatic carbocycles. The summed E-state index contributed by atoms with van der Waals surface area (Å²) >= 11 is 5.91. The molecule has 1 aromatic heterocycles. The molecule has 6 heteroatoms. The highest BCUT2D eigenvalue weighted by Crippen LogP contribution is 2.23. The molecule has 0 unspecified atom stereocenters. The Labute approximate surface area is 158 Å². The molecule has 2 atom stereocenters. The zero-order valence-electron chi connectivity index (χ0n) is 15.0. The van der Waals surface area contributed by atoms with Gasteiger partial charge < -0.3 is 5.32 Å². The van der Waals surface area contributed by atoms with Crippen LogP contribution < -0.4 is 10.9 Å². The Morgan fingerprint density at radius 1 is 1.19 bits per heavy atom. The van der Waals surface area contributed by atoms with Crippen LogP contribution in [-0.4, -0.2) is 21.7 Å². The number of nitrogens with one attached hydrogen (secondary N) is 1. The van der Waals surface area contributed by atoms with Gasteiger partial charge in [0.05, 0.1) is 12.2 Å². The van der Waals surface area contributed by atoms with Gasteiger partial charge in [-0.3, -0.25) is 9.59 Å². The van der Waals surface area contributed by atoms with Crippen molar-refractivity contribution in [2.45, 2.75) is 51.6 Å². The summed E-state index contributed by atoms with van der Waals surface area (Å²) < 4.78 is 1.35. The quantitative estimate of drug-likeness (QED) is 0.870. The Balaban J connectivity index is 1.64. The molecule has 0 radical (unpaired) electrons. The number of benzene rings is 1. The molecule has 138 valence electrons. The second-order valence-corrected chi connectivity index (χ2v) is 7.41. The van der Waals surface area contributed by atoms with E-state index in [0.717, 1.165) is 18.4 Å². The van der Waals surface area contributed by atoms with E-state index >= 15 is 0 Å². The van der Waals surface area contributed by atoms with Gasteiger partial charge in [-0.25, -0.2) is 4.68 Å². The lowest BCUT2D eigenvalue weighted by atomic mass is 9.86. The molecule has 1 saturated carbocycles. The van der Waals surface area contributed by atoms with Gasteiger partial charge in [0, 0.05) is 29.1 Å². The average molecular weight is 374 g/mol. The van der Waals surface area contributed by atoms with Gasteiger partial charge in [-0.2, -0.15) is 5.10 Å². The van der Waals surface area contributed by atoms with Crippen molar-refractivity contribution >= 4 is 17.5 Å².